The third kappa shape index (κ3) is 4.91. The summed E-state index contributed by atoms with van der Waals surface area (Å²) in [6.07, 6.45) is 6.25. The molecule has 8 heteroatoms. The Kier molecular flexibility index (Phi) is 7.05. The highest BCUT2D eigenvalue weighted by molar-refractivity contribution is 7.89. The maximum absolute atomic E-state index is 13.0. The molecule has 0 atom stereocenters. The van der Waals surface area contributed by atoms with Gasteiger partial charge in [0.2, 0.25) is 10.0 Å². The van der Waals surface area contributed by atoms with Crippen LogP contribution in [0.2, 0.25) is 0 Å². The summed E-state index contributed by atoms with van der Waals surface area (Å²) in [7, 11) is -0.362. The van der Waals surface area contributed by atoms with Gasteiger partial charge in [-0.05, 0) is 61.2 Å². The summed E-state index contributed by atoms with van der Waals surface area (Å²) in [5, 5.41) is 3.29. The molecule has 1 saturated heterocycles. The third-order valence-electron chi connectivity index (χ3n) is 6.23. The van der Waals surface area contributed by atoms with E-state index in [9.17, 15) is 13.2 Å². The number of ether oxygens (including phenoxy) is 2. The van der Waals surface area contributed by atoms with Gasteiger partial charge in [0.1, 0.15) is 0 Å². The van der Waals surface area contributed by atoms with Gasteiger partial charge in [-0.3, -0.25) is 4.79 Å². The van der Waals surface area contributed by atoms with Crippen molar-refractivity contribution in [2.24, 2.45) is 0 Å². The normalized spacial score (nSPS) is 18.2. The van der Waals surface area contributed by atoms with Gasteiger partial charge < -0.3 is 14.8 Å². The molecule has 1 fully saturated rings. The van der Waals surface area contributed by atoms with E-state index < -0.39 is 10.0 Å². The summed E-state index contributed by atoms with van der Waals surface area (Å²) in [5.74, 6) is 1.06. The van der Waals surface area contributed by atoms with Gasteiger partial charge in [-0.25, -0.2) is 8.42 Å². The van der Waals surface area contributed by atoms with Crippen LogP contribution in [0.3, 0.4) is 0 Å². The number of ketones is 1. The van der Waals surface area contributed by atoms with E-state index in [4.69, 9.17) is 9.47 Å². The van der Waals surface area contributed by atoms with E-state index in [1.54, 1.807) is 36.7 Å². The molecule has 176 valence electrons. The lowest BCUT2D eigenvalue weighted by Crippen LogP contribution is -2.31. The average molecular weight is 471 g/mol. The maximum Gasteiger partial charge on any atom is 0.243 e. The minimum atomic E-state index is -3.54. The number of carbonyl (C=O) groups excluding carboxylic acids is 1. The monoisotopic (exact) mass is 470 g/mol. The van der Waals surface area contributed by atoms with Crippen molar-refractivity contribution in [3.8, 4) is 11.5 Å². The maximum atomic E-state index is 13.0. The topological polar surface area (TPSA) is 84.9 Å². The fraction of sp³-hybridized carbons (Fsp3) is 0.400. The number of fused-ring (bicyclic) bond motifs is 1. The van der Waals surface area contributed by atoms with Crippen LogP contribution in [0.1, 0.15) is 47.2 Å². The first-order valence-corrected chi connectivity index (χ1v) is 12.7. The van der Waals surface area contributed by atoms with Crippen molar-refractivity contribution < 1.29 is 22.7 Å². The second-order valence-corrected chi connectivity index (χ2v) is 10.2. The minimum absolute atomic E-state index is 0.196. The number of hydrogen-bond donors (Lipinski definition) is 1. The van der Waals surface area contributed by atoms with Gasteiger partial charge in [0.05, 0.1) is 19.1 Å². The van der Waals surface area contributed by atoms with E-state index in [1.807, 2.05) is 12.1 Å². The van der Waals surface area contributed by atoms with Crippen molar-refractivity contribution in [3.05, 3.63) is 59.2 Å². The lowest BCUT2D eigenvalue weighted by Gasteiger charge is -2.23. The molecule has 33 heavy (non-hydrogen) atoms. The largest absolute Gasteiger partial charge is 0.493 e. The second-order valence-electron chi connectivity index (χ2n) is 8.31. The molecule has 0 saturated carbocycles. The molecule has 0 unspecified atom stereocenters. The molecular weight excluding hydrogens is 440 g/mol. The van der Waals surface area contributed by atoms with Crippen molar-refractivity contribution in [1.29, 1.82) is 0 Å². The van der Waals surface area contributed by atoms with E-state index in [-0.39, 0.29) is 10.7 Å². The molecule has 0 spiro atoms. The number of carbonyl (C=O) groups is 1. The van der Waals surface area contributed by atoms with Gasteiger partial charge in [-0.15, -0.1) is 0 Å². The van der Waals surface area contributed by atoms with Crippen LogP contribution < -0.4 is 14.8 Å². The highest BCUT2D eigenvalue weighted by Crippen LogP contribution is 2.35. The molecule has 4 rings (SSSR count). The van der Waals surface area contributed by atoms with Crippen LogP contribution in [-0.2, 0) is 16.4 Å². The van der Waals surface area contributed by atoms with Crippen molar-refractivity contribution in [2.45, 2.75) is 37.0 Å². The van der Waals surface area contributed by atoms with Crippen LogP contribution in [0, 0.1) is 0 Å². The number of hydrogen-bond acceptors (Lipinski definition) is 6. The minimum Gasteiger partial charge on any atom is -0.493 e. The van der Waals surface area contributed by atoms with Gasteiger partial charge in [0.25, 0.3) is 0 Å². The van der Waals surface area contributed by atoms with Crippen LogP contribution in [-0.4, -0.2) is 52.4 Å². The lowest BCUT2D eigenvalue weighted by molar-refractivity contribution is 0.104. The molecule has 0 aliphatic carbocycles. The molecule has 7 nitrogen and oxygen atoms in total. The van der Waals surface area contributed by atoms with Gasteiger partial charge in [0, 0.05) is 42.5 Å². The van der Waals surface area contributed by atoms with E-state index in [1.165, 1.54) is 12.1 Å². The fourth-order valence-electron chi connectivity index (χ4n) is 4.37. The zero-order valence-corrected chi connectivity index (χ0v) is 19.9. The number of rotatable bonds is 6. The molecule has 2 aromatic rings. The molecule has 2 aromatic carbocycles. The number of nitrogens with zero attached hydrogens (tertiary/aromatic N) is 1. The zero-order valence-electron chi connectivity index (χ0n) is 19.1. The summed E-state index contributed by atoms with van der Waals surface area (Å²) in [6.45, 7) is 1.80. The number of allylic oxidation sites excluding steroid dienone is 1. The van der Waals surface area contributed by atoms with Crippen molar-refractivity contribution in [2.75, 3.05) is 33.9 Å². The third-order valence-corrected chi connectivity index (χ3v) is 8.14. The first-order chi connectivity index (χ1) is 15.9. The lowest BCUT2D eigenvalue weighted by atomic mass is 9.95. The summed E-state index contributed by atoms with van der Waals surface area (Å²) in [6, 6.07) is 10.0. The number of nitrogens with one attached hydrogen (secondary N) is 1. The van der Waals surface area contributed by atoms with Crippen LogP contribution in [0.4, 0.5) is 0 Å². The molecule has 2 aliphatic heterocycles. The summed E-state index contributed by atoms with van der Waals surface area (Å²) < 4.78 is 38.3. The number of sulfonamides is 1. The van der Waals surface area contributed by atoms with Gasteiger partial charge in [-0.2, -0.15) is 4.31 Å². The Balaban J connectivity index is 1.57. The molecule has 2 aliphatic rings. The molecule has 2 heterocycles. The van der Waals surface area contributed by atoms with Gasteiger partial charge in [0.15, 0.2) is 17.3 Å². The van der Waals surface area contributed by atoms with Crippen LogP contribution in [0.15, 0.2) is 47.4 Å². The Labute approximate surface area is 195 Å². The number of methoxy groups -OCH3 is 2. The first-order valence-electron chi connectivity index (χ1n) is 11.3. The molecule has 0 amide bonds. The van der Waals surface area contributed by atoms with Crippen LogP contribution in [0.5, 0.6) is 11.5 Å². The second kappa shape index (κ2) is 9.97. The average Bonchev–Trinajstić information content (AvgIpc) is 3.14. The number of benzene rings is 2. The first kappa shape index (κ1) is 23.3. The Hall–Kier alpha value is -2.84. The fourth-order valence-corrected chi connectivity index (χ4v) is 5.89. The van der Waals surface area contributed by atoms with Crippen LogP contribution >= 0.6 is 0 Å². The molecule has 0 radical (unpaired) electrons. The van der Waals surface area contributed by atoms with Gasteiger partial charge >= 0.3 is 0 Å². The standard InChI is InChI=1S/C25H30N2O5S/c1-31-24-15-19-11-12-26-22(21(19)16-25(24)32-2)17-23(28)18-7-9-20(10-8-18)33(29,30)27-13-5-3-4-6-14-27/h7-10,15-17,26H,3-6,11-14H2,1-2H3. The van der Waals surface area contributed by atoms with Crippen molar-refractivity contribution in [3.63, 3.8) is 0 Å². The highest BCUT2D eigenvalue weighted by atomic mass is 32.2. The molecular formula is C25H30N2O5S. The van der Waals surface area contributed by atoms with E-state index >= 15 is 0 Å². The Morgan fingerprint density at radius 1 is 0.970 bits per heavy atom. The quantitative estimate of drug-likeness (QED) is 0.513. The van der Waals surface area contributed by atoms with Crippen molar-refractivity contribution >= 4 is 21.5 Å². The molecule has 1 N–H and O–H groups in total. The highest BCUT2D eigenvalue weighted by Gasteiger charge is 2.25. The predicted octanol–water partition coefficient (Wildman–Crippen LogP) is 3.64. The van der Waals surface area contributed by atoms with E-state index in [0.29, 0.717) is 42.4 Å². The Morgan fingerprint density at radius 3 is 2.24 bits per heavy atom. The Bertz CT molecular complexity index is 1150. The summed E-state index contributed by atoms with van der Waals surface area (Å²) >= 11 is 0. The van der Waals surface area contributed by atoms with Crippen molar-refractivity contribution in [1.82, 2.24) is 9.62 Å². The molecule has 0 aromatic heterocycles. The smallest absolute Gasteiger partial charge is 0.243 e. The van der Waals surface area contributed by atoms with E-state index in [0.717, 1.165) is 43.2 Å². The SMILES string of the molecule is COc1cc2c(cc1OC)C(=CC(=O)c1ccc(S(=O)(=O)N3CCCCCC3)cc1)NCC2. The summed E-state index contributed by atoms with van der Waals surface area (Å²) in [4.78, 5) is 13.2. The van der Waals surface area contributed by atoms with Crippen LogP contribution in [0.25, 0.3) is 5.70 Å². The zero-order chi connectivity index (χ0) is 23.4. The Morgan fingerprint density at radius 2 is 1.61 bits per heavy atom. The summed E-state index contributed by atoms with van der Waals surface area (Å²) in [5.41, 5.74) is 3.12. The molecule has 0 bridgehead atoms. The van der Waals surface area contributed by atoms with E-state index in [2.05, 4.69) is 5.32 Å². The van der Waals surface area contributed by atoms with Gasteiger partial charge in [-0.1, -0.05) is 12.8 Å². The predicted molar refractivity (Wildman–Crippen MR) is 127 cm³/mol.